The number of aryl methyl sites for hydroxylation is 1. The standard InChI is InChI=1S/C21H23NO5/c1-26-16-11-14(12-17(13-16)27-2)7-8-19(23)22-10-9-15-5-3-4-6-18(15)20(22)21(24)25/h3-6,11-13,20H,7-10H2,1-2H3,(H,24,25). The molecule has 1 amide bonds. The van der Waals surface area contributed by atoms with Gasteiger partial charge in [0.1, 0.15) is 11.5 Å². The first-order valence-corrected chi connectivity index (χ1v) is 8.85. The van der Waals surface area contributed by atoms with Gasteiger partial charge in [-0.1, -0.05) is 24.3 Å². The van der Waals surface area contributed by atoms with Crippen molar-refractivity contribution >= 4 is 11.9 Å². The Morgan fingerprint density at radius 2 is 1.78 bits per heavy atom. The second-order valence-electron chi connectivity index (χ2n) is 6.50. The van der Waals surface area contributed by atoms with Crippen LogP contribution in [-0.2, 0) is 22.4 Å². The Balaban J connectivity index is 1.75. The van der Waals surface area contributed by atoms with Gasteiger partial charge in [0, 0.05) is 19.0 Å². The second-order valence-corrected chi connectivity index (χ2v) is 6.50. The normalized spacial score (nSPS) is 15.8. The van der Waals surface area contributed by atoms with Crippen LogP contribution in [-0.4, -0.2) is 42.6 Å². The van der Waals surface area contributed by atoms with E-state index in [1.54, 1.807) is 26.4 Å². The molecule has 27 heavy (non-hydrogen) atoms. The number of nitrogens with zero attached hydrogens (tertiary/aromatic N) is 1. The maximum Gasteiger partial charge on any atom is 0.331 e. The fourth-order valence-electron chi connectivity index (χ4n) is 3.51. The lowest BCUT2D eigenvalue weighted by molar-refractivity contribution is -0.151. The van der Waals surface area contributed by atoms with Gasteiger partial charge in [-0.05, 0) is 41.7 Å². The second kappa shape index (κ2) is 8.12. The summed E-state index contributed by atoms with van der Waals surface area (Å²) in [5.41, 5.74) is 2.60. The number of hydrogen-bond acceptors (Lipinski definition) is 4. The van der Waals surface area contributed by atoms with Gasteiger partial charge >= 0.3 is 5.97 Å². The molecule has 0 saturated heterocycles. The van der Waals surface area contributed by atoms with E-state index in [2.05, 4.69) is 0 Å². The van der Waals surface area contributed by atoms with Gasteiger partial charge in [-0.15, -0.1) is 0 Å². The Kier molecular flexibility index (Phi) is 5.64. The summed E-state index contributed by atoms with van der Waals surface area (Å²) in [5.74, 6) is 0.150. The number of benzene rings is 2. The Morgan fingerprint density at radius 3 is 2.41 bits per heavy atom. The molecule has 0 bridgehead atoms. The SMILES string of the molecule is COc1cc(CCC(=O)N2CCc3ccccc3C2C(=O)O)cc(OC)c1. The molecular weight excluding hydrogens is 346 g/mol. The van der Waals surface area contributed by atoms with Crippen molar-refractivity contribution in [3.05, 3.63) is 59.2 Å². The lowest BCUT2D eigenvalue weighted by Gasteiger charge is -2.34. The van der Waals surface area contributed by atoms with Crippen LogP contribution in [0.4, 0.5) is 0 Å². The van der Waals surface area contributed by atoms with Gasteiger partial charge in [0.2, 0.25) is 5.91 Å². The van der Waals surface area contributed by atoms with Crippen LogP contribution in [0.3, 0.4) is 0 Å². The summed E-state index contributed by atoms with van der Waals surface area (Å²) in [5, 5.41) is 9.70. The van der Waals surface area contributed by atoms with E-state index in [-0.39, 0.29) is 12.3 Å². The molecular formula is C21H23NO5. The van der Waals surface area contributed by atoms with Crippen molar-refractivity contribution in [3.63, 3.8) is 0 Å². The number of carbonyl (C=O) groups excluding carboxylic acids is 1. The van der Waals surface area contributed by atoms with Gasteiger partial charge in [-0.25, -0.2) is 4.79 Å². The topological polar surface area (TPSA) is 76.1 Å². The molecule has 0 spiro atoms. The van der Waals surface area contributed by atoms with Crippen LogP contribution >= 0.6 is 0 Å². The van der Waals surface area contributed by atoms with Crippen molar-refractivity contribution in [2.24, 2.45) is 0 Å². The number of carboxylic acid groups (broad SMARTS) is 1. The number of methoxy groups -OCH3 is 2. The monoisotopic (exact) mass is 369 g/mol. The molecule has 1 atom stereocenters. The van der Waals surface area contributed by atoms with Gasteiger partial charge < -0.3 is 19.5 Å². The van der Waals surface area contributed by atoms with Gasteiger partial charge in [-0.2, -0.15) is 0 Å². The lowest BCUT2D eigenvalue weighted by Crippen LogP contribution is -2.43. The molecule has 2 aromatic rings. The summed E-state index contributed by atoms with van der Waals surface area (Å²) in [4.78, 5) is 26.1. The number of carboxylic acids is 1. The van der Waals surface area contributed by atoms with Crippen molar-refractivity contribution in [1.82, 2.24) is 4.90 Å². The molecule has 2 aromatic carbocycles. The first-order chi connectivity index (χ1) is 13.0. The number of hydrogen-bond donors (Lipinski definition) is 1. The van der Waals surface area contributed by atoms with Crippen molar-refractivity contribution in [1.29, 1.82) is 0 Å². The first kappa shape index (κ1) is 18.8. The maximum absolute atomic E-state index is 12.8. The number of ether oxygens (including phenoxy) is 2. The molecule has 3 rings (SSSR count). The van der Waals surface area contributed by atoms with Crippen molar-refractivity contribution in [3.8, 4) is 11.5 Å². The molecule has 0 aromatic heterocycles. The van der Waals surface area contributed by atoms with E-state index in [0.29, 0.717) is 36.4 Å². The minimum atomic E-state index is -1.00. The van der Waals surface area contributed by atoms with Crippen molar-refractivity contribution in [2.45, 2.75) is 25.3 Å². The van der Waals surface area contributed by atoms with Crippen LogP contribution in [0.1, 0.15) is 29.2 Å². The minimum absolute atomic E-state index is 0.168. The zero-order valence-electron chi connectivity index (χ0n) is 15.5. The van der Waals surface area contributed by atoms with Crippen LogP contribution in [0.2, 0.25) is 0 Å². The first-order valence-electron chi connectivity index (χ1n) is 8.85. The molecule has 0 aliphatic carbocycles. The number of aliphatic carboxylic acids is 1. The Morgan fingerprint density at radius 1 is 1.11 bits per heavy atom. The predicted molar refractivity (Wildman–Crippen MR) is 100 cm³/mol. The average Bonchev–Trinajstić information content (AvgIpc) is 2.70. The summed E-state index contributed by atoms with van der Waals surface area (Å²) in [6.45, 7) is 0.411. The van der Waals surface area contributed by atoms with Crippen molar-refractivity contribution in [2.75, 3.05) is 20.8 Å². The van der Waals surface area contributed by atoms with Gasteiger partial charge in [0.05, 0.1) is 14.2 Å². The van der Waals surface area contributed by atoms with E-state index in [0.717, 1.165) is 11.1 Å². The third-order valence-electron chi connectivity index (χ3n) is 4.88. The molecule has 6 heteroatoms. The summed E-state index contributed by atoms with van der Waals surface area (Å²) in [6, 6.07) is 12.0. The van der Waals surface area contributed by atoms with Crippen LogP contribution in [0.25, 0.3) is 0 Å². The minimum Gasteiger partial charge on any atom is -0.497 e. The highest BCUT2D eigenvalue weighted by molar-refractivity contribution is 5.85. The van der Waals surface area contributed by atoms with E-state index in [9.17, 15) is 14.7 Å². The predicted octanol–water partition coefficient (Wildman–Crippen LogP) is 2.85. The summed E-state index contributed by atoms with van der Waals surface area (Å²) >= 11 is 0. The third-order valence-corrected chi connectivity index (χ3v) is 4.88. The Labute approximate surface area is 158 Å². The summed E-state index contributed by atoms with van der Waals surface area (Å²) < 4.78 is 10.5. The van der Waals surface area contributed by atoms with Crippen LogP contribution in [0.15, 0.2) is 42.5 Å². The number of fused-ring (bicyclic) bond motifs is 1. The molecule has 1 unspecified atom stereocenters. The molecule has 1 aliphatic rings. The average molecular weight is 369 g/mol. The van der Waals surface area contributed by atoms with Gasteiger partial charge in [0.15, 0.2) is 6.04 Å². The highest BCUT2D eigenvalue weighted by atomic mass is 16.5. The van der Waals surface area contributed by atoms with E-state index in [1.165, 1.54) is 4.90 Å². The fourth-order valence-corrected chi connectivity index (χ4v) is 3.51. The summed E-state index contributed by atoms with van der Waals surface area (Å²) in [7, 11) is 3.15. The molecule has 0 radical (unpaired) electrons. The van der Waals surface area contributed by atoms with Gasteiger partial charge in [-0.3, -0.25) is 4.79 Å². The Bertz CT molecular complexity index is 826. The number of rotatable bonds is 6. The number of carbonyl (C=O) groups is 2. The van der Waals surface area contributed by atoms with Crippen LogP contribution < -0.4 is 9.47 Å². The van der Waals surface area contributed by atoms with E-state index in [1.807, 2.05) is 30.3 Å². The van der Waals surface area contributed by atoms with Crippen LogP contribution in [0, 0.1) is 0 Å². The molecule has 1 N–H and O–H groups in total. The third kappa shape index (κ3) is 4.05. The number of amides is 1. The molecule has 1 heterocycles. The smallest absolute Gasteiger partial charge is 0.331 e. The quantitative estimate of drug-likeness (QED) is 0.847. The van der Waals surface area contributed by atoms with Gasteiger partial charge in [0.25, 0.3) is 0 Å². The zero-order valence-corrected chi connectivity index (χ0v) is 15.5. The van der Waals surface area contributed by atoms with E-state index < -0.39 is 12.0 Å². The molecule has 0 saturated carbocycles. The lowest BCUT2D eigenvalue weighted by atomic mass is 9.92. The zero-order chi connectivity index (χ0) is 19.4. The Hall–Kier alpha value is -3.02. The highest BCUT2D eigenvalue weighted by Crippen LogP contribution is 2.31. The molecule has 142 valence electrons. The largest absolute Gasteiger partial charge is 0.497 e. The molecule has 6 nitrogen and oxygen atoms in total. The van der Waals surface area contributed by atoms with Crippen LogP contribution in [0.5, 0.6) is 11.5 Å². The van der Waals surface area contributed by atoms with E-state index in [4.69, 9.17) is 9.47 Å². The molecule has 1 aliphatic heterocycles. The summed E-state index contributed by atoms with van der Waals surface area (Å²) in [6.07, 6.45) is 1.37. The van der Waals surface area contributed by atoms with E-state index >= 15 is 0 Å². The highest BCUT2D eigenvalue weighted by Gasteiger charge is 2.35. The van der Waals surface area contributed by atoms with Crippen molar-refractivity contribution < 1.29 is 24.2 Å². The fraction of sp³-hybridized carbons (Fsp3) is 0.333. The maximum atomic E-state index is 12.8. The molecule has 0 fully saturated rings.